The summed E-state index contributed by atoms with van der Waals surface area (Å²) in [7, 11) is 0. The summed E-state index contributed by atoms with van der Waals surface area (Å²) in [6.07, 6.45) is 5.10. The summed E-state index contributed by atoms with van der Waals surface area (Å²) in [5, 5.41) is 3.71. The number of hydrogen-bond donors (Lipinski definition) is 1. The molecule has 1 N–H and O–H groups in total. The molecule has 0 radical (unpaired) electrons. The molecular formula is C17H27NS. The van der Waals surface area contributed by atoms with E-state index in [9.17, 15) is 0 Å². The normalized spacial score (nSPS) is 24.6. The van der Waals surface area contributed by atoms with E-state index in [0.717, 1.165) is 6.54 Å². The van der Waals surface area contributed by atoms with Crippen LogP contribution in [-0.2, 0) is 6.42 Å². The summed E-state index contributed by atoms with van der Waals surface area (Å²) >= 11 is 2.14. The van der Waals surface area contributed by atoms with Crippen LogP contribution in [0.5, 0.6) is 0 Å². The van der Waals surface area contributed by atoms with Gasteiger partial charge in [0.15, 0.2) is 0 Å². The third kappa shape index (κ3) is 3.55. The van der Waals surface area contributed by atoms with Crippen molar-refractivity contribution in [3.8, 4) is 0 Å². The molecule has 19 heavy (non-hydrogen) atoms. The molecule has 0 amide bonds. The average Bonchev–Trinajstić information content (AvgIpc) is 2.85. The average molecular weight is 277 g/mol. The van der Waals surface area contributed by atoms with Crippen LogP contribution in [0.25, 0.3) is 0 Å². The minimum absolute atomic E-state index is 0.363. The molecule has 1 aromatic carbocycles. The molecular weight excluding hydrogens is 250 g/mol. The monoisotopic (exact) mass is 277 g/mol. The molecule has 0 bridgehead atoms. The second kappa shape index (κ2) is 6.81. The van der Waals surface area contributed by atoms with Gasteiger partial charge in [0, 0.05) is 10.8 Å². The second-order valence-electron chi connectivity index (χ2n) is 5.75. The molecule has 1 aliphatic rings. The van der Waals surface area contributed by atoms with Crippen molar-refractivity contribution < 1.29 is 0 Å². The Hall–Kier alpha value is -0.470. The summed E-state index contributed by atoms with van der Waals surface area (Å²) in [6, 6.07) is 9.78. The first kappa shape index (κ1) is 14.9. The molecule has 1 heterocycles. The Morgan fingerprint density at radius 3 is 2.53 bits per heavy atom. The minimum atomic E-state index is 0.363. The summed E-state index contributed by atoms with van der Waals surface area (Å²) in [4.78, 5) is 0. The molecule has 1 aliphatic heterocycles. The fourth-order valence-corrected chi connectivity index (χ4v) is 4.51. The quantitative estimate of drug-likeness (QED) is 0.817. The van der Waals surface area contributed by atoms with Crippen LogP contribution < -0.4 is 5.32 Å². The lowest BCUT2D eigenvalue weighted by atomic mass is 9.89. The van der Waals surface area contributed by atoms with Gasteiger partial charge in [0.2, 0.25) is 0 Å². The number of nitrogens with one attached hydrogen (secondary N) is 1. The maximum absolute atomic E-state index is 3.71. The van der Waals surface area contributed by atoms with Crippen LogP contribution >= 0.6 is 11.8 Å². The van der Waals surface area contributed by atoms with Gasteiger partial charge in [-0.3, -0.25) is 0 Å². The lowest BCUT2D eigenvalue weighted by Crippen LogP contribution is -2.37. The van der Waals surface area contributed by atoms with Crippen molar-refractivity contribution in [1.29, 1.82) is 0 Å². The predicted octanol–water partition coefficient (Wildman–Crippen LogP) is 4.58. The molecule has 2 unspecified atom stereocenters. The number of rotatable bonds is 6. The standard InChI is InChI=1S/C17H27NS/c1-4-7-14-8-10-15(11-9-14)16(18-5-2)17(3)12-6-13-19-17/h8-11,16,18H,4-7,12-13H2,1-3H3. The highest BCUT2D eigenvalue weighted by atomic mass is 32.2. The third-order valence-electron chi connectivity index (χ3n) is 4.12. The van der Waals surface area contributed by atoms with Gasteiger partial charge in [0.1, 0.15) is 0 Å². The van der Waals surface area contributed by atoms with Crippen molar-refractivity contribution in [2.75, 3.05) is 12.3 Å². The van der Waals surface area contributed by atoms with E-state index in [2.05, 4.69) is 62.1 Å². The summed E-state index contributed by atoms with van der Waals surface area (Å²) in [6.45, 7) is 7.92. The Morgan fingerprint density at radius 1 is 1.26 bits per heavy atom. The van der Waals surface area contributed by atoms with Crippen molar-refractivity contribution >= 4 is 11.8 Å². The van der Waals surface area contributed by atoms with Gasteiger partial charge >= 0.3 is 0 Å². The van der Waals surface area contributed by atoms with E-state index in [-0.39, 0.29) is 0 Å². The van der Waals surface area contributed by atoms with E-state index >= 15 is 0 Å². The summed E-state index contributed by atoms with van der Waals surface area (Å²) < 4.78 is 0.363. The van der Waals surface area contributed by atoms with Crippen molar-refractivity contribution in [2.24, 2.45) is 0 Å². The maximum Gasteiger partial charge on any atom is 0.0466 e. The second-order valence-corrected chi connectivity index (χ2v) is 7.38. The number of benzene rings is 1. The van der Waals surface area contributed by atoms with Crippen molar-refractivity contribution in [3.05, 3.63) is 35.4 Å². The van der Waals surface area contributed by atoms with Crippen LogP contribution in [0.1, 0.15) is 57.2 Å². The highest BCUT2D eigenvalue weighted by Gasteiger charge is 2.38. The van der Waals surface area contributed by atoms with E-state index in [1.165, 1.54) is 42.6 Å². The Bertz CT molecular complexity index is 379. The molecule has 2 heteroatoms. The van der Waals surface area contributed by atoms with Crippen molar-refractivity contribution in [2.45, 2.75) is 57.2 Å². The largest absolute Gasteiger partial charge is 0.309 e. The summed E-state index contributed by atoms with van der Waals surface area (Å²) in [5.41, 5.74) is 2.92. The van der Waals surface area contributed by atoms with Gasteiger partial charge in [-0.05, 0) is 49.6 Å². The van der Waals surface area contributed by atoms with Crippen LogP contribution in [0, 0.1) is 0 Å². The molecule has 0 spiro atoms. The van der Waals surface area contributed by atoms with E-state index in [1.54, 1.807) is 0 Å². The van der Waals surface area contributed by atoms with E-state index in [1.807, 2.05) is 0 Å². The molecule has 1 fully saturated rings. The highest BCUT2D eigenvalue weighted by Crippen LogP contribution is 2.46. The molecule has 0 saturated carbocycles. The molecule has 0 aromatic heterocycles. The van der Waals surface area contributed by atoms with Crippen LogP contribution in [-0.4, -0.2) is 17.0 Å². The topological polar surface area (TPSA) is 12.0 Å². The molecule has 2 atom stereocenters. The molecule has 1 nitrogen and oxygen atoms in total. The lowest BCUT2D eigenvalue weighted by Gasteiger charge is -2.34. The van der Waals surface area contributed by atoms with Gasteiger partial charge in [0.05, 0.1) is 0 Å². The Kier molecular flexibility index (Phi) is 5.35. The van der Waals surface area contributed by atoms with E-state index in [0.29, 0.717) is 10.8 Å². The first-order valence-corrected chi connectivity index (χ1v) is 8.64. The number of aryl methyl sites for hydroxylation is 1. The fourth-order valence-electron chi connectivity index (χ4n) is 3.08. The van der Waals surface area contributed by atoms with Gasteiger partial charge in [-0.25, -0.2) is 0 Å². The molecule has 2 rings (SSSR count). The summed E-state index contributed by atoms with van der Waals surface area (Å²) in [5.74, 6) is 1.31. The molecule has 0 aliphatic carbocycles. The Morgan fingerprint density at radius 2 is 2.00 bits per heavy atom. The smallest absolute Gasteiger partial charge is 0.0466 e. The Labute approximate surface area is 122 Å². The fraction of sp³-hybridized carbons (Fsp3) is 0.647. The highest BCUT2D eigenvalue weighted by molar-refractivity contribution is 8.00. The van der Waals surface area contributed by atoms with Gasteiger partial charge in [-0.15, -0.1) is 0 Å². The van der Waals surface area contributed by atoms with Crippen molar-refractivity contribution in [3.63, 3.8) is 0 Å². The van der Waals surface area contributed by atoms with Gasteiger partial charge in [0.25, 0.3) is 0 Å². The number of hydrogen-bond acceptors (Lipinski definition) is 2. The minimum Gasteiger partial charge on any atom is -0.309 e. The van der Waals surface area contributed by atoms with Gasteiger partial charge in [-0.1, -0.05) is 44.5 Å². The van der Waals surface area contributed by atoms with Crippen LogP contribution in [0.3, 0.4) is 0 Å². The van der Waals surface area contributed by atoms with Crippen molar-refractivity contribution in [1.82, 2.24) is 5.32 Å². The first-order valence-electron chi connectivity index (χ1n) is 7.66. The van der Waals surface area contributed by atoms with Gasteiger partial charge in [-0.2, -0.15) is 11.8 Å². The SMILES string of the molecule is CCCc1ccc(C(NCC)C2(C)CCCS2)cc1. The lowest BCUT2D eigenvalue weighted by molar-refractivity contribution is 0.421. The Balaban J connectivity index is 2.18. The third-order valence-corrected chi connectivity index (χ3v) is 5.71. The van der Waals surface area contributed by atoms with E-state index < -0.39 is 0 Å². The first-order chi connectivity index (χ1) is 9.19. The zero-order valence-electron chi connectivity index (χ0n) is 12.5. The zero-order chi connectivity index (χ0) is 13.7. The molecule has 1 aromatic rings. The van der Waals surface area contributed by atoms with Crippen LogP contribution in [0.2, 0.25) is 0 Å². The van der Waals surface area contributed by atoms with E-state index in [4.69, 9.17) is 0 Å². The van der Waals surface area contributed by atoms with Crippen LogP contribution in [0.15, 0.2) is 24.3 Å². The van der Waals surface area contributed by atoms with Crippen LogP contribution in [0.4, 0.5) is 0 Å². The van der Waals surface area contributed by atoms with Gasteiger partial charge < -0.3 is 5.32 Å². The number of thioether (sulfide) groups is 1. The molecule has 1 saturated heterocycles. The maximum atomic E-state index is 3.71. The molecule has 106 valence electrons. The zero-order valence-corrected chi connectivity index (χ0v) is 13.4. The predicted molar refractivity (Wildman–Crippen MR) is 87.0 cm³/mol.